The van der Waals surface area contributed by atoms with Crippen molar-refractivity contribution < 1.29 is 0 Å². The Bertz CT molecular complexity index is 527. The van der Waals surface area contributed by atoms with Crippen molar-refractivity contribution in [2.24, 2.45) is 0 Å². The normalized spacial score (nSPS) is 20.6. The highest BCUT2D eigenvalue weighted by atomic mass is 15.1. The van der Waals surface area contributed by atoms with Crippen molar-refractivity contribution >= 4 is 10.8 Å². The van der Waals surface area contributed by atoms with E-state index in [9.17, 15) is 0 Å². The lowest BCUT2D eigenvalue weighted by molar-refractivity contribution is 0.432. The maximum atomic E-state index is 3.58. The Kier molecular flexibility index (Phi) is 2.83. The van der Waals surface area contributed by atoms with Crippen LogP contribution in [0.25, 0.3) is 10.8 Å². The van der Waals surface area contributed by atoms with Crippen LogP contribution in [-0.2, 0) is 0 Å². The number of benzene rings is 2. The second-order valence-electron chi connectivity index (χ2n) is 4.73. The van der Waals surface area contributed by atoms with Gasteiger partial charge in [0.25, 0.3) is 0 Å². The summed E-state index contributed by atoms with van der Waals surface area (Å²) in [6.45, 7) is 5.32. The summed E-state index contributed by atoms with van der Waals surface area (Å²) in [5, 5.41) is 9.79. The Hall–Kier alpha value is -1.38. The summed E-state index contributed by atoms with van der Waals surface area (Å²) in [6, 6.07) is 13.6. The fraction of sp³-hybridized carbons (Fsp3) is 0.333. The molecule has 2 nitrogen and oxygen atoms in total. The van der Waals surface area contributed by atoms with E-state index < -0.39 is 0 Å². The van der Waals surface area contributed by atoms with Crippen molar-refractivity contribution in [3.63, 3.8) is 0 Å². The monoisotopic (exact) mass is 226 g/mol. The number of piperazine rings is 1. The van der Waals surface area contributed by atoms with Crippen LogP contribution in [0.5, 0.6) is 0 Å². The van der Waals surface area contributed by atoms with Gasteiger partial charge in [0.05, 0.1) is 0 Å². The SMILES string of the molecule is Cc1ccc([C@@H]2CNCCN2)c2ccccc12. The smallest absolute Gasteiger partial charge is 0.0453 e. The molecule has 88 valence electrons. The quantitative estimate of drug-likeness (QED) is 0.780. The fourth-order valence-corrected chi connectivity index (χ4v) is 2.65. The summed E-state index contributed by atoms with van der Waals surface area (Å²) in [5.74, 6) is 0. The molecule has 1 atom stereocenters. The van der Waals surface area contributed by atoms with Crippen molar-refractivity contribution in [1.29, 1.82) is 0 Å². The van der Waals surface area contributed by atoms with E-state index in [4.69, 9.17) is 0 Å². The molecule has 1 fully saturated rings. The summed E-state index contributed by atoms with van der Waals surface area (Å²) < 4.78 is 0. The highest BCUT2D eigenvalue weighted by Gasteiger charge is 2.16. The Morgan fingerprint density at radius 2 is 1.82 bits per heavy atom. The minimum absolute atomic E-state index is 0.439. The standard InChI is InChI=1S/C15H18N2/c1-11-6-7-14(15-10-16-8-9-17-15)13-5-3-2-4-12(11)13/h2-7,15-17H,8-10H2,1H3/t15-/m0/s1. The third-order valence-corrected chi connectivity index (χ3v) is 3.59. The number of hydrogen-bond acceptors (Lipinski definition) is 2. The zero-order valence-corrected chi connectivity index (χ0v) is 10.2. The second kappa shape index (κ2) is 4.47. The first-order valence-electron chi connectivity index (χ1n) is 6.28. The molecule has 17 heavy (non-hydrogen) atoms. The molecule has 0 saturated carbocycles. The van der Waals surface area contributed by atoms with Gasteiger partial charge in [-0.15, -0.1) is 0 Å². The molecule has 0 unspecified atom stereocenters. The van der Waals surface area contributed by atoms with Gasteiger partial charge in [-0.25, -0.2) is 0 Å². The predicted octanol–water partition coefficient (Wildman–Crippen LogP) is 2.38. The molecular formula is C15H18N2. The van der Waals surface area contributed by atoms with Gasteiger partial charge in [-0.2, -0.15) is 0 Å². The summed E-state index contributed by atoms with van der Waals surface area (Å²) in [5.41, 5.74) is 2.77. The summed E-state index contributed by atoms with van der Waals surface area (Å²) in [6.07, 6.45) is 0. The Morgan fingerprint density at radius 1 is 1.00 bits per heavy atom. The molecule has 3 rings (SSSR count). The van der Waals surface area contributed by atoms with Crippen molar-refractivity contribution in [3.8, 4) is 0 Å². The third kappa shape index (κ3) is 1.94. The van der Waals surface area contributed by atoms with Gasteiger partial charge in [0, 0.05) is 25.7 Å². The van der Waals surface area contributed by atoms with Crippen molar-refractivity contribution in [1.82, 2.24) is 10.6 Å². The Labute approximate surface area is 102 Å². The van der Waals surface area contributed by atoms with Crippen LogP contribution in [0.4, 0.5) is 0 Å². The van der Waals surface area contributed by atoms with E-state index in [1.165, 1.54) is 21.9 Å². The maximum Gasteiger partial charge on any atom is 0.0453 e. The van der Waals surface area contributed by atoms with Gasteiger partial charge in [0.2, 0.25) is 0 Å². The fourth-order valence-electron chi connectivity index (χ4n) is 2.65. The van der Waals surface area contributed by atoms with Gasteiger partial charge in [-0.3, -0.25) is 0 Å². The van der Waals surface area contributed by atoms with E-state index >= 15 is 0 Å². The lowest BCUT2D eigenvalue weighted by Gasteiger charge is -2.26. The van der Waals surface area contributed by atoms with Crippen LogP contribution >= 0.6 is 0 Å². The number of rotatable bonds is 1. The lowest BCUT2D eigenvalue weighted by atomic mass is 9.95. The minimum atomic E-state index is 0.439. The molecule has 1 aliphatic rings. The number of hydrogen-bond donors (Lipinski definition) is 2. The number of aryl methyl sites for hydroxylation is 1. The van der Waals surface area contributed by atoms with E-state index in [-0.39, 0.29) is 0 Å². The molecule has 0 bridgehead atoms. The van der Waals surface area contributed by atoms with E-state index in [2.05, 4.69) is 54.0 Å². The third-order valence-electron chi connectivity index (χ3n) is 3.59. The highest BCUT2D eigenvalue weighted by molar-refractivity contribution is 5.88. The first-order valence-corrected chi connectivity index (χ1v) is 6.28. The van der Waals surface area contributed by atoms with E-state index in [0.717, 1.165) is 19.6 Å². The van der Waals surface area contributed by atoms with E-state index in [1.807, 2.05) is 0 Å². The molecule has 2 N–H and O–H groups in total. The Morgan fingerprint density at radius 3 is 2.59 bits per heavy atom. The van der Waals surface area contributed by atoms with Crippen LogP contribution in [0.3, 0.4) is 0 Å². The van der Waals surface area contributed by atoms with Gasteiger partial charge in [0.15, 0.2) is 0 Å². The maximum absolute atomic E-state index is 3.58. The average Bonchev–Trinajstić information content (AvgIpc) is 2.41. The van der Waals surface area contributed by atoms with Crippen LogP contribution in [-0.4, -0.2) is 19.6 Å². The largest absolute Gasteiger partial charge is 0.314 e. The molecule has 0 spiro atoms. The summed E-state index contributed by atoms with van der Waals surface area (Å²) in [4.78, 5) is 0. The van der Waals surface area contributed by atoms with Crippen LogP contribution in [0.15, 0.2) is 36.4 Å². The van der Waals surface area contributed by atoms with Crippen molar-refractivity contribution in [2.75, 3.05) is 19.6 Å². The average molecular weight is 226 g/mol. The number of nitrogens with one attached hydrogen (secondary N) is 2. The van der Waals surface area contributed by atoms with Crippen LogP contribution in [0, 0.1) is 6.92 Å². The molecule has 1 aliphatic heterocycles. The topological polar surface area (TPSA) is 24.1 Å². The van der Waals surface area contributed by atoms with Crippen molar-refractivity contribution in [2.45, 2.75) is 13.0 Å². The summed E-state index contributed by atoms with van der Waals surface area (Å²) >= 11 is 0. The predicted molar refractivity (Wildman–Crippen MR) is 72.3 cm³/mol. The van der Waals surface area contributed by atoms with Crippen LogP contribution in [0.1, 0.15) is 17.2 Å². The van der Waals surface area contributed by atoms with Gasteiger partial charge < -0.3 is 10.6 Å². The first-order chi connectivity index (χ1) is 8.36. The number of fused-ring (bicyclic) bond motifs is 1. The minimum Gasteiger partial charge on any atom is -0.314 e. The lowest BCUT2D eigenvalue weighted by Crippen LogP contribution is -2.42. The van der Waals surface area contributed by atoms with E-state index in [1.54, 1.807) is 0 Å². The van der Waals surface area contributed by atoms with Crippen molar-refractivity contribution in [3.05, 3.63) is 47.5 Å². The summed E-state index contributed by atoms with van der Waals surface area (Å²) in [7, 11) is 0. The van der Waals surface area contributed by atoms with Gasteiger partial charge in [-0.05, 0) is 28.8 Å². The molecular weight excluding hydrogens is 208 g/mol. The zero-order chi connectivity index (χ0) is 11.7. The molecule has 0 radical (unpaired) electrons. The molecule has 1 saturated heterocycles. The molecule has 0 aromatic heterocycles. The van der Waals surface area contributed by atoms with Crippen LogP contribution in [0.2, 0.25) is 0 Å². The second-order valence-corrected chi connectivity index (χ2v) is 4.73. The highest BCUT2D eigenvalue weighted by Crippen LogP contribution is 2.27. The van der Waals surface area contributed by atoms with Gasteiger partial charge in [0.1, 0.15) is 0 Å². The molecule has 2 aromatic rings. The molecule has 0 amide bonds. The first kappa shape index (κ1) is 10.8. The van der Waals surface area contributed by atoms with Gasteiger partial charge in [-0.1, -0.05) is 36.4 Å². The van der Waals surface area contributed by atoms with Crippen LogP contribution < -0.4 is 10.6 Å². The zero-order valence-electron chi connectivity index (χ0n) is 10.2. The van der Waals surface area contributed by atoms with Gasteiger partial charge >= 0.3 is 0 Å². The molecule has 1 heterocycles. The molecule has 2 heteroatoms. The van der Waals surface area contributed by atoms with E-state index in [0.29, 0.717) is 6.04 Å². The molecule has 2 aromatic carbocycles. The molecule has 0 aliphatic carbocycles. The Balaban J connectivity index is 2.12.